The van der Waals surface area contributed by atoms with Gasteiger partial charge in [0.25, 0.3) is 5.91 Å². The van der Waals surface area contributed by atoms with Crippen molar-refractivity contribution in [2.45, 2.75) is 29.5 Å². The highest BCUT2D eigenvalue weighted by Crippen LogP contribution is 2.69. The Labute approximate surface area is 304 Å². The highest BCUT2D eigenvalue weighted by atomic mass is 35.5. The van der Waals surface area contributed by atoms with Crippen molar-refractivity contribution in [3.63, 3.8) is 0 Å². The van der Waals surface area contributed by atoms with E-state index in [1.54, 1.807) is 79.3 Å². The van der Waals surface area contributed by atoms with Crippen LogP contribution >= 0.6 is 46.3 Å². The van der Waals surface area contributed by atoms with Crippen molar-refractivity contribution in [1.82, 2.24) is 4.98 Å². The highest BCUT2D eigenvalue weighted by Gasteiger charge is 2.70. The number of thioether (sulfide) groups is 1. The van der Waals surface area contributed by atoms with E-state index in [0.717, 1.165) is 26.8 Å². The number of ether oxygens (including phenoxy) is 2. The molecule has 2 aliphatic carbocycles. The van der Waals surface area contributed by atoms with E-state index in [1.807, 2.05) is 6.07 Å². The third kappa shape index (κ3) is 5.53. The molecule has 2 saturated carbocycles. The zero-order valence-corrected chi connectivity index (χ0v) is 29.5. The van der Waals surface area contributed by atoms with Crippen LogP contribution in [0.5, 0.6) is 5.75 Å². The number of imide groups is 1. The molecule has 256 valence electrons. The summed E-state index contributed by atoms with van der Waals surface area (Å²) in [5.41, 5.74) is 2.04. The molecule has 1 saturated heterocycles. The first kappa shape index (κ1) is 33.1. The number of esters is 1. The maximum atomic E-state index is 14.2. The fourth-order valence-corrected chi connectivity index (χ4v) is 11.5. The van der Waals surface area contributed by atoms with Gasteiger partial charge in [-0.15, -0.1) is 11.8 Å². The Morgan fingerprint density at radius 1 is 0.940 bits per heavy atom. The molecule has 2 bridgehead atoms. The zero-order valence-electron chi connectivity index (χ0n) is 26.4. The Kier molecular flexibility index (Phi) is 8.53. The van der Waals surface area contributed by atoms with E-state index in [0.29, 0.717) is 39.2 Å². The SMILES string of the molecule is CCOC(=O)c1ccc(N2C(=O)C3C(C2=O)[C@@H]2C[C@H]3C3Sc4[nH]c(=O)sc4[C@H](c4cc(Cl)ccc4OCC(=O)Nc4ccc(Cl)cc4)C32)cc1. The van der Waals surface area contributed by atoms with Gasteiger partial charge in [-0.2, -0.15) is 0 Å². The predicted molar refractivity (Wildman–Crippen MR) is 190 cm³/mol. The number of aromatic nitrogens is 1. The van der Waals surface area contributed by atoms with Crippen LogP contribution in [0.3, 0.4) is 0 Å². The van der Waals surface area contributed by atoms with E-state index in [9.17, 15) is 24.0 Å². The molecule has 3 amide bonds. The van der Waals surface area contributed by atoms with Gasteiger partial charge in [0.15, 0.2) is 6.61 Å². The number of thiazole rings is 1. The van der Waals surface area contributed by atoms with Crippen molar-refractivity contribution in [2.24, 2.45) is 29.6 Å². The molecule has 4 aromatic rings. The molecule has 0 radical (unpaired) electrons. The summed E-state index contributed by atoms with van der Waals surface area (Å²) < 4.78 is 11.2. The summed E-state index contributed by atoms with van der Waals surface area (Å²) in [6.07, 6.45) is 0.695. The normalized spacial score (nSPS) is 26.0. The van der Waals surface area contributed by atoms with E-state index in [-0.39, 0.29) is 64.7 Å². The summed E-state index contributed by atoms with van der Waals surface area (Å²) >= 11 is 15.3. The number of hydrogen-bond acceptors (Lipinski definition) is 9. The van der Waals surface area contributed by atoms with Crippen LogP contribution < -0.4 is 19.8 Å². The summed E-state index contributed by atoms with van der Waals surface area (Å²) in [5.74, 6) is -2.67. The van der Waals surface area contributed by atoms with Crippen LogP contribution in [0.2, 0.25) is 10.0 Å². The summed E-state index contributed by atoms with van der Waals surface area (Å²) in [4.78, 5) is 71.0. The molecule has 0 spiro atoms. The molecular weight excluding hydrogens is 721 g/mol. The number of nitrogens with zero attached hydrogens (tertiary/aromatic N) is 1. The van der Waals surface area contributed by atoms with Crippen molar-refractivity contribution in [3.05, 3.63) is 102 Å². The number of rotatable bonds is 8. The van der Waals surface area contributed by atoms with Gasteiger partial charge < -0.3 is 19.8 Å². The lowest BCUT2D eigenvalue weighted by atomic mass is 9.68. The van der Waals surface area contributed by atoms with Crippen LogP contribution in [0.4, 0.5) is 11.4 Å². The topological polar surface area (TPSA) is 135 Å². The molecule has 4 unspecified atom stereocenters. The van der Waals surface area contributed by atoms with Gasteiger partial charge in [-0.3, -0.25) is 24.1 Å². The average Bonchev–Trinajstić information content (AvgIpc) is 3.84. The van der Waals surface area contributed by atoms with Crippen molar-refractivity contribution < 1.29 is 28.7 Å². The predicted octanol–water partition coefficient (Wildman–Crippen LogP) is 6.62. The number of H-pyrrole nitrogens is 1. The number of benzene rings is 3. The molecule has 7 atom stereocenters. The van der Waals surface area contributed by atoms with Crippen LogP contribution in [-0.2, 0) is 19.1 Å². The number of hydrogen-bond donors (Lipinski definition) is 2. The van der Waals surface area contributed by atoms with Crippen molar-refractivity contribution in [3.8, 4) is 5.75 Å². The Morgan fingerprint density at radius 3 is 2.36 bits per heavy atom. The molecule has 2 N–H and O–H groups in total. The largest absolute Gasteiger partial charge is 0.483 e. The highest BCUT2D eigenvalue weighted by molar-refractivity contribution is 8.00. The quantitative estimate of drug-likeness (QED) is 0.152. The zero-order chi connectivity index (χ0) is 34.8. The molecule has 2 aliphatic heterocycles. The number of amides is 3. The monoisotopic (exact) mass is 749 g/mol. The van der Waals surface area contributed by atoms with Gasteiger partial charge in [-0.05, 0) is 97.8 Å². The molecule has 1 aromatic heterocycles. The minimum atomic E-state index is -0.535. The third-order valence-corrected chi connectivity index (χ3v) is 13.2. The number of halogens is 2. The van der Waals surface area contributed by atoms with Gasteiger partial charge in [0.05, 0.1) is 34.7 Å². The van der Waals surface area contributed by atoms with Crippen molar-refractivity contribution >= 4 is 81.4 Å². The first-order chi connectivity index (χ1) is 24.1. The van der Waals surface area contributed by atoms with Crippen LogP contribution in [-0.4, -0.2) is 47.1 Å². The van der Waals surface area contributed by atoms with E-state index in [4.69, 9.17) is 32.7 Å². The van der Waals surface area contributed by atoms with Gasteiger partial charge >= 0.3 is 10.8 Å². The lowest BCUT2D eigenvalue weighted by molar-refractivity contribution is -0.123. The smallest absolute Gasteiger partial charge is 0.338 e. The third-order valence-electron chi connectivity index (χ3n) is 10.2. The standard InChI is InChI=1S/C36H29Cl2N3O7S2/c1-2-47-35(45)16-3-10-20(11-4-16)41-33(43)28-22-14-23(29(28)34(41)44)30-27(22)26(31-32(49-30)40-36(46)50-31)21-13-18(38)7-12-24(21)48-15-25(42)39-19-8-5-17(37)6-9-19/h3-13,22-23,26-30H,2,14-15H2,1H3,(H,39,42)(H,40,46)/t22-,23-,26-,27?,28?,29?,30?/m1/s1. The number of carbonyl (C=O) groups is 4. The van der Waals surface area contributed by atoms with E-state index < -0.39 is 17.8 Å². The second-order valence-corrected chi connectivity index (χ2v) is 15.8. The average molecular weight is 751 g/mol. The van der Waals surface area contributed by atoms with E-state index >= 15 is 0 Å². The second kappa shape index (κ2) is 12.9. The van der Waals surface area contributed by atoms with Crippen LogP contribution in [0, 0.1) is 29.6 Å². The van der Waals surface area contributed by atoms with Gasteiger partial charge in [-0.25, -0.2) is 4.79 Å². The van der Waals surface area contributed by atoms with Crippen molar-refractivity contribution in [1.29, 1.82) is 0 Å². The van der Waals surface area contributed by atoms with Crippen LogP contribution in [0.15, 0.2) is 76.6 Å². The van der Waals surface area contributed by atoms with Gasteiger partial charge in [0, 0.05) is 37.3 Å². The minimum Gasteiger partial charge on any atom is -0.483 e. The summed E-state index contributed by atoms with van der Waals surface area (Å²) in [5, 5.41) is 4.49. The fraction of sp³-hybridized carbons (Fsp3) is 0.306. The Morgan fingerprint density at radius 2 is 1.64 bits per heavy atom. The summed E-state index contributed by atoms with van der Waals surface area (Å²) in [6, 6.07) is 18.3. The molecule has 3 aromatic carbocycles. The Hall–Kier alpha value is -4.10. The molecule has 14 heteroatoms. The Balaban J connectivity index is 1.11. The van der Waals surface area contributed by atoms with Gasteiger partial charge in [0.2, 0.25) is 11.8 Å². The van der Waals surface area contributed by atoms with Gasteiger partial charge in [-0.1, -0.05) is 34.5 Å². The minimum absolute atomic E-state index is 0.0630. The second-order valence-electron chi connectivity index (χ2n) is 12.8. The molecule has 10 nitrogen and oxygen atoms in total. The maximum Gasteiger partial charge on any atom is 0.338 e. The van der Waals surface area contributed by atoms with E-state index in [1.165, 1.54) is 4.90 Å². The summed E-state index contributed by atoms with van der Waals surface area (Å²) in [6.45, 7) is 1.68. The van der Waals surface area contributed by atoms with Crippen LogP contribution in [0.1, 0.15) is 40.1 Å². The fourth-order valence-electron chi connectivity index (χ4n) is 8.35. The van der Waals surface area contributed by atoms with E-state index in [2.05, 4.69) is 10.3 Å². The number of carbonyl (C=O) groups excluding carboxylic acids is 4. The molecular formula is C36H29Cl2N3O7S2. The molecule has 50 heavy (non-hydrogen) atoms. The molecule has 4 aliphatic rings. The van der Waals surface area contributed by atoms with Crippen LogP contribution in [0.25, 0.3) is 0 Å². The number of fused-ring (bicyclic) bond motifs is 9. The number of anilines is 2. The molecule has 3 fully saturated rings. The first-order valence-electron chi connectivity index (χ1n) is 16.1. The van der Waals surface area contributed by atoms with Gasteiger partial charge in [0.1, 0.15) is 5.75 Å². The maximum absolute atomic E-state index is 14.2. The molecule has 8 rings (SSSR count). The lowest BCUT2D eigenvalue weighted by Crippen LogP contribution is -2.42. The first-order valence-corrected chi connectivity index (χ1v) is 18.6. The summed E-state index contributed by atoms with van der Waals surface area (Å²) in [7, 11) is 0. The Bertz CT molecular complexity index is 2100. The lowest BCUT2D eigenvalue weighted by Gasteiger charge is -2.43. The number of aromatic amines is 1. The van der Waals surface area contributed by atoms with Crippen molar-refractivity contribution in [2.75, 3.05) is 23.4 Å². The molecule has 3 heterocycles. The number of nitrogens with one attached hydrogen (secondary N) is 2.